The van der Waals surface area contributed by atoms with Crippen molar-refractivity contribution in [1.29, 1.82) is 0 Å². The number of unbranched alkanes of at least 4 members (excludes halogenated alkanes) is 3. The van der Waals surface area contributed by atoms with Crippen LogP contribution in [0.1, 0.15) is 41.8 Å². The van der Waals surface area contributed by atoms with Crippen LogP contribution in [-0.4, -0.2) is 23.5 Å². The van der Waals surface area contributed by atoms with Crippen LogP contribution in [0.25, 0.3) is 0 Å². The van der Waals surface area contributed by atoms with E-state index >= 15 is 0 Å². The summed E-state index contributed by atoms with van der Waals surface area (Å²) in [5.41, 5.74) is 0. The Balaban J connectivity index is 1.97. The van der Waals surface area contributed by atoms with E-state index in [1.807, 2.05) is 11.4 Å². The van der Waals surface area contributed by atoms with Crippen LogP contribution in [0.15, 0.2) is 17.5 Å². The number of aliphatic carboxylic acids is 1. The second-order valence-electron chi connectivity index (χ2n) is 3.79. The standard InChI is InChI=1S/C12H17NO3S/c14-11(15)7-3-1-2-4-8-13-12(16)10-6-5-9-17-10/h5-6,9H,1-4,7-8H2,(H,13,16)(H,14,15). The maximum atomic E-state index is 11.5. The lowest BCUT2D eigenvalue weighted by Gasteiger charge is -2.03. The SMILES string of the molecule is O=C(O)CCCCCCNC(=O)c1cccs1. The van der Waals surface area contributed by atoms with Gasteiger partial charge in [0.05, 0.1) is 4.88 Å². The molecule has 4 nitrogen and oxygen atoms in total. The molecule has 5 heteroatoms. The molecule has 0 bridgehead atoms. The molecule has 0 aromatic carbocycles. The van der Waals surface area contributed by atoms with E-state index in [1.54, 1.807) is 6.07 Å². The number of rotatable bonds is 8. The van der Waals surface area contributed by atoms with Crippen LogP contribution in [-0.2, 0) is 4.79 Å². The molecule has 1 rings (SSSR count). The van der Waals surface area contributed by atoms with Crippen molar-refractivity contribution >= 4 is 23.2 Å². The first-order chi connectivity index (χ1) is 8.20. The van der Waals surface area contributed by atoms with Gasteiger partial charge in [-0.2, -0.15) is 0 Å². The van der Waals surface area contributed by atoms with Crippen molar-refractivity contribution in [2.24, 2.45) is 0 Å². The lowest BCUT2D eigenvalue weighted by Crippen LogP contribution is -2.23. The lowest BCUT2D eigenvalue weighted by molar-refractivity contribution is -0.137. The van der Waals surface area contributed by atoms with E-state index < -0.39 is 5.97 Å². The van der Waals surface area contributed by atoms with Gasteiger partial charge >= 0.3 is 5.97 Å². The summed E-state index contributed by atoms with van der Waals surface area (Å²) in [6, 6.07) is 3.65. The van der Waals surface area contributed by atoms with Crippen molar-refractivity contribution in [2.45, 2.75) is 32.1 Å². The van der Waals surface area contributed by atoms with Gasteiger partial charge in [-0.05, 0) is 24.3 Å². The molecule has 0 fully saturated rings. The van der Waals surface area contributed by atoms with Gasteiger partial charge < -0.3 is 10.4 Å². The Morgan fingerprint density at radius 2 is 2.00 bits per heavy atom. The van der Waals surface area contributed by atoms with Crippen molar-refractivity contribution in [2.75, 3.05) is 6.54 Å². The zero-order valence-corrected chi connectivity index (χ0v) is 10.5. The van der Waals surface area contributed by atoms with E-state index in [-0.39, 0.29) is 12.3 Å². The summed E-state index contributed by atoms with van der Waals surface area (Å²) < 4.78 is 0. The Labute approximate surface area is 105 Å². The number of thiophene rings is 1. The van der Waals surface area contributed by atoms with Crippen molar-refractivity contribution in [3.63, 3.8) is 0 Å². The number of carbonyl (C=O) groups is 2. The van der Waals surface area contributed by atoms with Crippen LogP contribution in [0.5, 0.6) is 0 Å². The molecule has 2 N–H and O–H groups in total. The fourth-order valence-corrected chi connectivity index (χ4v) is 2.09. The molecule has 0 saturated carbocycles. The maximum absolute atomic E-state index is 11.5. The van der Waals surface area contributed by atoms with Crippen LogP contribution < -0.4 is 5.32 Å². The molecule has 1 heterocycles. The van der Waals surface area contributed by atoms with Crippen LogP contribution in [0.2, 0.25) is 0 Å². The van der Waals surface area contributed by atoms with Gasteiger partial charge in [0.25, 0.3) is 5.91 Å². The molecule has 1 aromatic rings. The van der Waals surface area contributed by atoms with E-state index in [0.717, 1.165) is 24.1 Å². The molecule has 0 spiro atoms. The molecule has 1 amide bonds. The molecule has 1 aromatic heterocycles. The predicted octanol–water partition coefficient (Wildman–Crippen LogP) is 2.51. The summed E-state index contributed by atoms with van der Waals surface area (Å²) in [4.78, 5) is 22.5. The lowest BCUT2D eigenvalue weighted by atomic mass is 10.1. The summed E-state index contributed by atoms with van der Waals surface area (Å²) in [6.07, 6.45) is 3.71. The van der Waals surface area contributed by atoms with Crippen LogP contribution in [0.4, 0.5) is 0 Å². The summed E-state index contributed by atoms with van der Waals surface area (Å²) in [6.45, 7) is 0.657. The van der Waals surface area contributed by atoms with Crippen LogP contribution in [0, 0.1) is 0 Å². The molecule has 0 unspecified atom stereocenters. The number of nitrogens with one attached hydrogen (secondary N) is 1. The molecule has 0 aliphatic heterocycles. The number of amides is 1. The van der Waals surface area contributed by atoms with E-state index in [0.29, 0.717) is 13.0 Å². The third kappa shape index (κ3) is 6.06. The minimum Gasteiger partial charge on any atom is -0.481 e. The van der Waals surface area contributed by atoms with Crippen molar-refractivity contribution < 1.29 is 14.7 Å². The fraction of sp³-hybridized carbons (Fsp3) is 0.500. The van der Waals surface area contributed by atoms with Gasteiger partial charge in [0.15, 0.2) is 0 Å². The zero-order valence-electron chi connectivity index (χ0n) is 9.65. The van der Waals surface area contributed by atoms with E-state index in [4.69, 9.17) is 5.11 Å². The molecule has 0 aliphatic rings. The molecule has 94 valence electrons. The highest BCUT2D eigenvalue weighted by molar-refractivity contribution is 7.12. The fourth-order valence-electron chi connectivity index (χ4n) is 1.45. The summed E-state index contributed by atoms with van der Waals surface area (Å²) in [5.74, 6) is -0.762. The van der Waals surface area contributed by atoms with Gasteiger partial charge in [-0.1, -0.05) is 18.9 Å². The molecule has 0 atom stereocenters. The zero-order chi connectivity index (χ0) is 12.5. The second-order valence-corrected chi connectivity index (χ2v) is 4.74. The number of carboxylic acid groups (broad SMARTS) is 1. The minimum atomic E-state index is -0.740. The Kier molecular flexibility index (Phi) is 6.32. The quantitative estimate of drug-likeness (QED) is 0.701. The summed E-state index contributed by atoms with van der Waals surface area (Å²) >= 11 is 1.43. The van der Waals surface area contributed by atoms with Gasteiger partial charge in [-0.3, -0.25) is 9.59 Å². The maximum Gasteiger partial charge on any atom is 0.303 e. The normalized spacial score (nSPS) is 10.1. The Morgan fingerprint density at radius 1 is 1.24 bits per heavy atom. The van der Waals surface area contributed by atoms with Crippen molar-refractivity contribution in [3.8, 4) is 0 Å². The molecule has 0 saturated heterocycles. The largest absolute Gasteiger partial charge is 0.481 e. The first kappa shape index (κ1) is 13.7. The topological polar surface area (TPSA) is 66.4 Å². The van der Waals surface area contributed by atoms with E-state index in [1.165, 1.54) is 11.3 Å². The minimum absolute atomic E-state index is 0.0227. The van der Waals surface area contributed by atoms with Crippen molar-refractivity contribution in [1.82, 2.24) is 5.32 Å². The highest BCUT2D eigenvalue weighted by Crippen LogP contribution is 2.08. The van der Waals surface area contributed by atoms with Crippen molar-refractivity contribution in [3.05, 3.63) is 22.4 Å². The van der Waals surface area contributed by atoms with Crippen LogP contribution >= 0.6 is 11.3 Å². The molecule has 17 heavy (non-hydrogen) atoms. The summed E-state index contributed by atoms with van der Waals surface area (Å²) in [5, 5.41) is 13.2. The molecular weight excluding hydrogens is 238 g/mol. The predicted molar refractivity (Wildman–Crippen MR) is 67.4 cm³/mol. The first-order valence-corrected chi connectivity index (χ1v) is 6.61. The number of hydrogen-bond acceptors (Lipinski definition) is 3. The van der Waals surface area contributed by atoms with Gasteiger partial charge in [-0.25, -0.2) is 0 Å². The third-order valence-electron chi connectivity index (χ3n) is 2.35. The number of carboxylic acids is 1. The smallest absolute Gasteiger partial charge is 0.303 e. The highest BCUT2D eigenvalue weighted by Gasteiger charge is 2.04. The number of carbonyl (C=O) groups excluding carboxylic acids is 1. The van der Waals surface area contributed by atoms with Gasteiger partial charge in [-0.15, -0.1) is 11.3 Å². The van der Waals surface area contributed by atoms with Gasteiger partial charge in [0.1, 0.15) is 0 Å². The second kappa shape index (κ2) is 7.84. The third-order valence-corrected chi connectivity index (χ3v) is 3.22. The molecular formula is C12H17NO3S. The molecule has 0 aliphatic carbocycles. The first-order valence-electron chi connectivity index (χ1n) is 5.73. The van der Waals surface area contributed by atoms with E-state index in [9.17, 15) is 9.59 Å². The average molecular weight is 255 g/mol. The van der Waals surface area contributed by atoms with E-state index in [2.05, 4.69) is 5.32 Å². The van der Waals surface area contributed by atoms with Crippen LogP contribution in [0.3, 0.4) is 0 Å². The summed E-state index contributed by atoms with van der Waals surface area (Å²) in [7, 11) is 0. The van der Waals surface area contributed by atoms with Gasteiger partial charge in [0, 0.05) is 13.0 Å². The Morgan fingerprint density at radius 3 is 2.65 bits per heavy atom. The molecule has 0 radical (unpaired) electrons. The monoisotopic (exact) mass is 255 g/mol. The average Bonchev–Trinajstić information content (AvgIpc) is 2.80. The Bertz CT molecular complexity index is 349. The number of hydrogen-bond donors (Lipinski definition) is 2. The highest BCUT2D eigenvalue weighted by atomic mass is 32.1. The Hall–Kier alpha value is -1.36. The van der Waals surface area contributed by atoms with Gasteiger partial charge in [0.2, 0.25) is 0 Å².